The third kappa shape index (κ3) is 2.93. The van der Waals surface area contributed by atoms with Crippen LogP contribution in [0.3, 0.4) is 0 Å². The molecular weight excluding hydrogens is 288 g/mol. The number of carbonyl (C=O) groups excluding carboxylic acids is 1. The van der Waals surface area contributed by atoms with E-state index in [2.05, 4.69) is 31.8 Å². The largest absolute Gasteiger partial charge is 0.332 e. The predicted molar refractivity (Wildman–Crippen MR) is 87.7 cm³/mol. The van der Waals surface area contributed by atoms with Crippen LogP contribution in [-0.4, -0.2) is 32.1 Å². The number of aromatic nitrogens is 3. The fraction of sp³-hybridized carbons (Fsp3) is 0.722. The summed E-state index contributed by atoms with van der Waals surface area (Å²) in [6.45, 7) is 1.89. The third-order valence-electron chi connectivity index (χ3n) is 5.56. The lowest BCUT2D eigenvalue weighted by atomic mass is 10.0. The highest BCUT2D eigenvalue weighted by Gasteiger charge is 2.34. The number of rotatable bonds is 3. The van der Waals surface area contributed by atoms with Gasteiger partial charge in [-0.05, 0) is 44.4 Å². The topological polar surface area (TPSA) is 51.0 Å². The van der Waals surface area contributed by atoms with Gasteiger partial charge in [0, 0.05) is 25.9 Å². The summed E-state index contributed by atoms with van der Waals surface area (Å²) in [7, 11) is 0. The third-order valence-corrected chi connectivity index (χ3v) is 5.56. The Labute approximate surface area is 137 Å². The Balaban J connectivity index is 1.52. The lowest BCUT2D eigenvalue weighted by Crippen LogP contribution is -2.33. The Bertz CT molecular complexity index is 606. The fourth-order valence-electron chi connectivity index (χ4n) is 4.29. The summed E-state index contributed by atoms with van der Waals surface area (Å²) < 4.78 is 2.30. The number of allylic oxidation sites excluding steroid dienone is 2. The molecule has 0 spiro atoms. The maximum absolute atomic E-state index is 12.8. The monoisotopic (exact) mass is 314 g/mol. The van der Waals surface area contributed by atoms with Crippen molar-refractivity contribution < 1.29 is 4.79 Å². The summed E-state index contributed by atoms with van der Waals surface area (Å²) in [4.78, 5) is 14.9. The molecule has 3 aliphatic rings. The minimum absolute atomic E-state index is 0.146. The van der Waals surface area contributed by atoms with Gasteiger partial charge in [-0.1, -0.05) is 18.6 Å². The summed E-state index contributed by atoms with van der Waals surface area (Å²) in [6.07, 6.45) is 14.2. The van der Waals surface area contributed by atoms with Crippen LogP contribution in [0.25, 0.3) is 0 Å². The standard InChI is InChI=1S/C18H26N4O/c23-17(13-14-7-3-4-8-14)21-12-6-9-15(21)18-20-19-16-10-2-1-5-11-22(16)18/h3,7,14-15H,1-2,4-6,8-13H2/t14-,15-/m1/s1. The number of amides is 1. The van der Waals surface area contributed by atoms with Crippen molar-refractivity contribution in [3.63, 3.8) is 0 Å². The van der Waals surface area contributed by atoms with E-state index in [1.54, 1.807) is 0 Å². The van der Waals surface area contributed by atoms with Crippen LogP contribution in [0.4, 0.5) is 0 Å². The molecule has 5 nitrogen and oxygen atoms in total. The van der Waals surface area contributed by atoms with Crippen molar-refractivity contribution in [2.24, 2.45) is 5.92 Å². The highest BCUT2D eigenvalue weighted by molar-refractivity contribution is 5.77. The Morgan fingerprint density at radius 2 is 2.09 bits per heavy atom. The molecule has 2 atom stereocenters. The maximum Gasteiger partial charge on any atom is 0.223 e. The van der Waals surface area contributed by atoms with Gasteiger partial charge in [-0.25, -0.2) is 0 Å². The van der Waals surface area contributed by atoms with Crippen molar-refractivity contribution >= 4 is 5.91 Å². The molecule has 1 aromatic rings. The first kappa shape index (κ1) is 14.9. The van der Waals surface area contributed by atoms with Crippen LogP contribution in [0, 0.1) is 5.92 Å². The first-order valence-corrected chi connectivity index (χ1v) is 9.21. The zero-order chi connectivity index (χ0) is 15.6. The molecular formula is C18H26N4O. The number of hydrogen-bond acceptors (Lipinski definition) is 3. The lowest BCUT2D eigenvalue weighted by Gasteiger charge is -2.25. The SMILES string of the molecule is O=C(C[C@@H]1C=CCC1)N1CCC[C@@H]1c1nnc2n1CCCCC2. The molecule has 0 saturated carbocycles. The Morgan fingerprint density at radius 1 is 1.13 bits per heavy atom. The van der Waals surface area contributed by atoms with E-state index in [4.69, 9.17) is 0 Å². The van der Waals surface area contributed by atoms with Crippen molar-refractivity contribution in [3.05, 3.63) is 23.8 Å². The van der Waals surface area contributed by atoms with Crippen LogP contribution in [0.1, 0.15) is 69.1 Å². The van der Waals surface area contributed by atoms with E-state index in [0.29, 0.717) is 18.2 Å². The van der Waals surface area contributed by atoms with E-state index in [0.717, 1.165) is 56.8 Å². The summed E-state index contributed by atoms with van der Waals surface area (Å²) >= 11 is 0. The van der Waals surface area contributed by atoms with E-state index in [1.165, 1.54) is 19.3 Å². The molecule has 3 heterocycles. The molecule has 1 saturated heterocycles. The molecule has 0 N–H and O–H groups in total. The van der Waals surface area contributed by atoms with E-state index in [-0.39, 0.29) is 6.04 Å². The number of carbonyl (C=O) groups is 1. The van der Waals surface area contributed by atoms with Crippen LogP contribution < -0.4 is 0 Å². The van der Waals surface area contributed by atoms with Gasteiger partial charge in [0.25, 0.3) is 0 Å². The molecule has 5 heteroatoms. The molecule has 1 aliphatic carbocycles. The normalized spacial score (nSPS) is 27.2. The molecule has 0 radical (unpaired) electrons. The lowest BCUT2D eigenvalue weighted by molar-refractivity contribution is -0.133. The van der Waals surface area contributed by atoms with Gasteiger partial charge < -0.3 is 9.47 Å². The number of likely N-dealkylation sites (tertiary alicyclic amines) is 1. The van der Waals surface area contributed by atoms with Crippen LogP contribution in [0.2, 0.25) is 0 Å². The van der Waals surface area contributed by atoms with Gasteiger partial charge in [-0.2, -0.15) is 0 Å². The van der Waals surface area contributed by atoms with Crippen LogP contribution in [-0.2, 0) is 17.8 Å². The molecule has 23 heavy (non-hydrogen) atoms. The summed E-state index contributed by atoms with van der Waals surface area (Å²) in [5.41, 5.74) is 0. The van der Waals surface area contributed by atoms with Gasteiger partial charge in [0.15, 0.2) is 5.82 Å². The van der Waals surface area contributed by atoms with Crippen LogP contribution in [0.15, 0.2) is 12.2 Å². The first-order chi connectivity index (χ1) is 11.3. The quantitative estimate of drug-likeness (QED) is 0.806. The van der Waals surface area contributed by atoms with Crippen molar-refractivity contribution in [3.8, 4) is 0 Å². The van der Waals surface area contributed by atoms with Gasteiger partial charge in [0.1, 0.15) is 5.82 Å². The first-order valence-electron chi connectivity index (χ1n) is 9.21. The van der Waals surface area contributed by atoms with E-state index in [9.17, 15) is 4.79 Å². The number of nitrogens with zero attached hydrogens (tertiary/aromatic N) is 4. The smallest absolute Gasteiger partial charge is 0.223 e. The second-order valence-electron chi connectivity index (χ2n) is 7.15. The molecule has 1 fully saturated rings. The minimum atomic E-state index is 0.146. The zero-order valence-electron chi connectivity index (χ0n) is 13.8. The molecule has 0 bridgehead atoms. The summed E-state index contributed by atoms with van der Waals surface area (Å²) in [5, 5.41) is 8.91. The van der Waals surface area contributed by atoms with Crippen molar-refractivity contribution in [2.75, 3.05) is 6.54 Å². The molecule has 0 aromatic carbocycles. The van der Waals surface area contributed by atoms with Crippen molar-refractivity contribution in [1.29, 1.82) is 0 Å². The van der Waals surface area contributed by atoms with Gasteiger partial charge in [-0.3, -0.25) is 4.79 Å². The Morgan fingerprint density at radius 3 is 2.96 bits per heavy atom. The van der Waals surface area contributed by atoms with Crippen LogP contribution in [0.5, 0.6) is 0 Å². The number of aryl methyl sites for hydroxylation is 1. The summed E-state index contributed by atoms with van der Waals surface area (Å²) in [5.74, 6) is 2.90. The van der Waals surface area contributed by atoms with Gasteiger partial charge >= 0.3 is 0 Å². The minimum Gasteiger partial charge on any atom is -0.332 e. The molecule has 1 amide bonds. The highest BCUT2D eigenvalue weighted by atomic mass is 16.2. The molecule has 4 rings (SSSR count). The van der Waals surface area contributed by atoms with Crippen molar-refractivity contribution in [2.45, 2.75) is 70.4 Å². The molecule has 1 aromatic heterocycles. The van der Waals surface area contributed by atoms with E-state index in [1.807, 2.05) is 0 Å². The second-order valence-corrected chi connectivity index (χ2v) is 7.15. The van der Waals surface area contributed by atoms with Gasteiger partial charge in [0.2, 0.25) is 5.91 Å². The van der Waals surface area contributed by atoms with Crippen LogP contribution >= 0.6 is 0 Å². The average molecular weight is 314 g/mol. The summed E-state index contributed by atoms with van der Waals surface area (Å²) in [6, 6.07) is 0.146. The van der Waals surface area contributed by atoms with Gasteiger partial charge in [-0.15, -0.1) is 10.2 Å². The van der Waals surface area contributed by atoms with Gasteiger partial charge in [0.05, 0.1) is 6.04 Å². The van der Waals surface area contributed by atoms with Crippen molar-refractivity contribution in [1.82, 2.24) is 19.7 Å². The maximum atomic E-state index is 12.8. The Hall–Kier alpha value is -1.65. The zero-order valence-corrected chi connectivity index (χ0v) is 13.8. The molecule has 2 aliphatic heterocycles. The molecule has 124 valence electrons. The number of fused-ring (bicyclic) bond motifs is 1. The highest BCUT2D eigenvalue weighted by Crippen LogP contribution is 2.34. The Kier molecular flexibility index (Phi) is 4.19. The second kappa shape index (κ2) is 6.46. The molecule has 0 unspecified atom stereocenters. The average Bonchev–Trinajstić information content (AvgIpc) is 3.26. The number of hydrogen-bond donors (Lipinski definition) is 0. The van der Waals surface area contributed by atoms with E-state index < -0.39 is 0 Å². The fourth-order valence-corrected chi connectivity index (χ4v) is 4.29. The van der Waals surface area contributed by atoms with E-state index >= 15 is 0 Å². The predicted octanol–water partition coefficient (Wildman–Crippen LogP) is 3.02.